The van der Waals surface area contributed by atoms with Crippen molar-refractivity contribution in [1.29, 1.82) is 0 Å². The Balaban J connectivity index is 1.83. The number of aryl methyl sites for hydroxylation is 1. The zero-order valence-electron chi connectivity index (χ0n) is 15.5. The summed E-state index contributed by atoms with van der Waals surface area (Å²) in [5.74, 6) is -2.91. The zero-order chi connectivity index (χ0) is 21.6. The lowest BCUT2D eigenvalue weighted by Gasteiger charge is -2.12. The number of carboxylic acids is 2. The monoisotopic (exact) mass is 406 g/mol. The first kappa shape index (κ1) is 18.9. The van der Waals surface area contributed by atoms with E-state index in [1.54, 1.807) is 29.8 Å². The number of hydrogen-bond donors (Lipinski definition) is 3. The molecule has 0 saturated heterocycles. The molecule has 2 heterocycles. The first-order valence-corrected chi connectivity index (χ1v) is 8.67. The van der Waals surface area contributed by atoms with E-state index in [1.165, 1.54) is 30.3 Å². The molecule has 0 aliphatic rings. The number of carbonyl (C=O) groups is 3. The lowest BCUT2D eigenvalue weighted by Crippen LogP contribution is -2.21. The third kappa shape index (κ3) is 2.96. The smallest absolute Gasteiger partial charge is 0.356 e. The van der Waals surface area contributed by atoms with Crippen LogP contribution in [0, 0.1) is 0 Å². The summed E-state index contributed by atoms with van der Waals surface area (Å²) in [6.45, 7) is 0. The first-order valence-electron chi connectivity index (χ1n) is 8.67. The summed E-state index contributed by atoms with van der Waals surface area (Å²) in [6.07, 6.45) is 0. The molecule has 4 rings (SSSR count). The van der Waals surface area contributed by atoms with Crippen molar-refractivity contribution in [2.45, 2.75) is 0 Å². The van der Waals surface area contributed by atoms with Crippen molar-refractivity contribution in [2.75, 3.05) is 5.32 Å². The summed E-state index contributed by atoms with van der Waals surface area (Å²) < 4.78 is 2.58. The maximum atomic E-state index is 13.0. The van der Waals surface area contributed by atoms with Gasteiger partial charge in [0, 0.05) is 18.7 Å². The SMILES string of the molecule is Cn1c2cccc(NC(=O)c3ccc(C(=O)O)cc3)c2c(=O)n2nc(C(=O)O)cc12. The minimum atomic E-state index is -1.26. The topological polar surface area (TPSA) is 143 Å². The molecule has 0 saturated carbocycles. The summed E-state index contributed by atoms with van der Waals surface area (Å²) in [5, 5.41) is 24.8. The summed E-state index contributed by atoms with van der Waals surface area (Å²) in [5.41, 5.74) is 0.378. The molecule has 2 aromatic heterocycles. The molecule has 150 valence electrons. The van der Waals surface area contributed by atoms with Crippen LogP contribution in [0.25, 0.3) is 16.6 Å². The molecule has 0 radical (unpaired) electrons. The zero-order valence-corrected chi connectivity index (χ0v) is 15.5. The van der Waals surface area contributed by atoms with E-state index in [9.17, 15) is 24.3 Å². The van der Waals surface area contributed by atoms with Gasteiger partial charge in [0.05, 0.1) is 22.2 Å². The first-order chi connectivity index (χ1) is 14.3. The molecular weight excluding hydrogens is 392 g/mol. The number of benzene rings is 2. The van der Waals surface area contributed by atoms with Crippen LogP contribution in [0.2, 0.25) is 0 Å². The third-order valence-corrected chi connectivity index (χ3v) is 4.71. The van der Waals surface area contributed by atoms with Crippen molar-refractivity contribution in [3.8, 4) is 0 Å². The standard InChI is InChI=1S/C20H14N4O6/c1-23-14-4-2-3-12(21-17(25)10-5-7-11(8-6-10)19(27)28)16(14)18(26)24-15(23)9-13(22-24)20(29)30/h2-9H,1H3,(H,21,25)(H,27,28)(H,29,30). The van der Waals surface area contributed by atoms with Crippen molar-refractivity contribution in [2.24, 2.45) is 7.05 Å². The van der Waals surface area contributed by atoms with E-state index < -0.39 is 23.4 Å². The summed E-state index contributed by atoms with van der Waals surface area (Å²) in [6, 6.07) is 11.5. The number of nitrogens with zero attached hydrogens (tertiary/aromatic N) is 3. The van der Waals surface area contributed by atoms with Crippen molar-refractivity contribution in [3.05, 3.63) is 75.7 Å². The van der Waals surface area contributed by atoms with E-state index in [1.807, 2.05) is 0 Å². The number of aromatic carboxylic acids is 2. The second-order valence-corrected chi connectivity index (χ2v) is 6.51. The van der Waals surface area contributed by atoms with E-state index >= 15 is 0 Å². The number of nitrogens with one attached hydrogen (secondary N) is 1. The van der Waals surface area contributed by atoms with Gasteiger partial charge < -0.3 is 20.1 Å². The molecule has 3 N–H and O–H groups in total. The average Bonchev–Trinajstić information content (AvgIpc) is 3.18. The number of aromatic nitrogens is 3. The second-order valence-electron chi connectivity index (χ2n) is 6.51. The number of anilines is 1. The molecular formula is C20H14N4O6. The number of amides is 1. The minimum absolute atomic E-state index is 0.0425. The Kier molecular flexibility index (Phi) is 4.31. The van der Waals surface area contributed by atoms with Crippen molar-refractivity contribution >= 4 is 40.1 Å². The average molecular weight is 406 g/mol. The third-order valence-electron chi connectivity index (χ3n) is 4.71. The van der Waals surface area contributed by atoms with E-state index in [0.29, 0.717) is 5.52 Å². The predicted molar refractivity (Wildman–Crippen MR) is 106 cm³/mol. The fraction of sp³-hybridized carbons (Fsp3) is 0.0500. The van der Waals surface area contributed by atoms with E-state index in [0.717, 1.165) is 4.52 Å². The van der Waals surface area contributed by atoms with Crippen LogP contribution in [0.1, 0.15) is 31.2 Å². The Labute approximate surface area is 167 Å². The van der Waals surface area contributed by atoms with E-state index in [-0.39, 0.29) is 33.5 Å². The molecule has 0 unspecified atom stereocenters. The molecule has 0 fully saturated rings. The number of carboxylic acid groups (broad SMARTS) is 2. The summed E-state index contributed by atoms with van der Waals surface area (Å²) in [7, 11) is 1.65. The van der Waals surface area contributed by atoms with Crippen molar-refractivity contribution in [1.82, 2.24) is 14.2 Å². The lowest BCUT2D eigenvalue weighted by molar-refractivity contribution is 0.0682. The number of fused-ring (bicyclic) bond motifs is 2. The highest BCUT2D eigenvalue weighted by atomic mass is 16.4. The fourth-order valence-corrected chi connectivity index (χ4v) is 3.20. The highest BCUT2D eigenvalue weighted by Crippen LogP contribution is 2.22. The van der Waals surface area contributed by atoms with Crippen molar-refractivity contribution in [3.63, 3.8) is 0 Å². The Morgan fingerprint density at radius 2 is 1.63 bits per heavy atom. The molecule has 0 atom stereocenters. The molecule has 2 aromatic carbocycles. The molecule has 1 amide bonds. The Morgan fingerprint density at radius 3 is 2.27 bits per heavy atom. The predicted octanol–water partition coefficient (Wildman–Crippen LogP) is 1.83. The van der Waals surface area contributed by atoms with Crippen LogP contribution in [-0.2, 0) is 7.05 Å². The quantitative estimate of drug-likeness (QED) is 0.469. The molecule has 0 aliphatic heterocycles. The molecule has 30 heavy (non-hydrogen) atoms. The summed E-state index contributed by atoms with van der Waals surface area (Å²) >= 11 is 0. The Hall–Kier alpha value is -4.47. The van der Waals surface area contributed by atoms with Gasteiger partial charge in [0.25, 0.3) is 11.5 Å². The van der Waals surface area contributed by atoms with Gasteiger partial charge in [-0.25, -0.2) is 9.59 Å². The van der Waals surface area contributed by atoms with Crippen LogP contribution < -0.4 is 10.9 Å². The fourth-order valence-electron chi connectivity index (χ4n) is 3.20. The van der Waals surface area contributed by atoms with E-state index in [2.05, 4.69) is 10.4 Å². The second kappa shape index (κ2) is 6.85. The molecule has 4 aromatic rings. The van der Waals surface area contributed by atoms with Gasteiger partial charge >= 0.3 is 11.9 Å². The van der Waals surface area contributed by atoms with Crippen LogP contribution in [-0.4, -0.2) is 42.2 Å². The number of carbonyl (C=O) groups excluding carboxylic acids is 1. The minimum Gasteiger partial charge on any atom is -0.478 e. The maximum Gasteiger partial charge on any atom is 0.356 e. The van der Waals surface area contributed by atoms with Crippen molar-refractivity contribution < 1.29 is 24.6 Å². The van der Waals surface area contributed by atoms with Gasteiger partial charge in [0.15, 0.2) is 5.69 Å². The Morgan fingerprint density at radius 1 is 0.967 bits per heavy atom. The molecule has 10 heteroatoms. The van der Waals surface area contributed by atoms with Gasteiger partial charge in [-0.3, -0.25) is 9.59 Å². The van der Waals surface area contributed by atoms with Gasteiger partial charge in [-0.1, -0.05) is 6.07 Å². The summed E-state index contributed by atoms with van der Waals surface area (Å²) in [4.78, 5) is 47.8. The number of rotatable bonds is 4. The largest absolute Gasteiger partial charge is 0.478 e. The maximum absolute atomic E-state index is 13.0. The normalized spacial score (nSPS) is 11.0. The van der Waals surface area contributed by atoms with Crippen LogP contribution in [0.4, 0.5) is 5.69 Å². The highest BCUT2D eigenvalue weighted by molar-refractivity contribution is 6.09. The van der Waals surface area contributed by atoms with Gasteiger partial charge in [0.1, 0.15) is 5.65 Å². The van der Waals surface area contributed by atoms with Crippen LogP contribution >= 0.6 is 0 Å². The van der Waals surface area contributed by atoms with Crippen LogP contribution in [0.5, 0.6) is 0 Å². The molecule has 0 bridgehead atoms. The number of hydrogen-bond acceptors (Lipinski definition) is 5. The van der Waals surface area contributed by atoms with Gasteiger partial charge in [-0.05, 0) is 36.4 Å². The van der Waals surface area contributed by atoms with Crippen LogP contribution in [0.15, 0.2) is 53.3 Å². The molecule has 10 nitrogen and oxygen atoms in total. The lowest BCUT2D eigenvalue weighted by atomic mass is 10.1. The Bertz CT molecular complexity index is 1420. The van der Waals surface area contributed by atoms with Gasteiger partial charge in [-0.2, -0.15) is 9.61 Å². The molecule has 0 aliphatic carbocycles. The van der Waals surface area contributed by atoms with Gasteiger partial charge in [0.2, 0.25) is 0 Å². The van der Waals surface area contributed by atoms with Gasteiger partial charge in [-0.15, -0.1) is 0 Å². The highest BCUT2D eigenvalue weighted by Gasteiger charge is 2.18. The molecule has 0 spiro atoms. The van der Waals surface area contributed by atoms with Crippen LogP contribution in [0.3, 0.4) is 0 Å². The van der Waals surface area contributed by atoms with E-state index in [4.69, 9.17) is 5.11 Å².